The predicted octanol–water partition coefficient (Wildman–Crippen LogP) is 1.88. The van der Waals surface area contributed by atoms with Gasteiger partial charge < -0.3 is 15.0 Å². The smallest absolute Gasteiger partial charge is 0.250 e. The second kappa shape index (κ2) is 7.18. The van der Waals surface area contributed by atoms with Crippen LogP contribution in [0, 0.1) is 0 Å². The molecule has 0 aliphatic heterocycles. The van der Waals surface area contributed by atoms with Crippen molar-refractivity contribution in [2.75, 3.05) is 13.7 Å². The highest BCUT2D eigenvalue weighted by molar-refractivity contribution is 7.89. The van der Waals surface area contributed by atoms with E-state index in [0.29, 0.717) is 17.3 Å². The lowest BCUT2D eigenvalue weighted by Gasteiger charge is -2.34. The molecule has 8 nitrogen and oxygen atoms in total. The Hall–Kier alpha value is -2.23. The third-order valence-electron chi connectivity index (χ3n) is 4.36. The summed E-state index contributed by atoms with van der Waals surface area (Å²) in [6.45, 7) is 2.00. The number of rotatable bonds is 7. The van der Waals surface area contributed by atoms with Crippen LogP contribution in [0.25, 0.3) is 12.2 Å². The molecule has 1 aromatic carbocycles. The summed E-state index contributed by atoms with van der Waals surface area (Å²) < 4.78 is 37.5. The fourth-order valence-corrected chi connectivity index (χ4v) is 3.97. The molecule has 140 valence electrons. The molecule has 2 aromatic rings. The van der Waals surface area contributed by atoms with Crippen LogP contribution in [-0.2, 0) is 15.6 Å². The maximum absolute atomic E-state index is 12.3. The van der Waals surface area contributed by atoms with Crippen LogP contribution in [0.5, 0.6) is 5.75 Å². The minimum Gasteiger partial charge on any atom is -0.495 e. The van der Waals surface area contributed by atoms with E-state index >= 15 is 0 Å². The van der Waals surface area contributed by atoms with Crippen molar-refractivity contribution in [2.45, 2.75) is 36.6 Å². The van der Waals surface area contributed by atoms with Gasteiger partial charge in [0, 0.05) is 12.6 Å². The molecule has 0 unspecified atom stereocenters. The molecule has 0 radical (unpaired) electrons. The highest BCUT2D eigenvalue weighted by Crippen LogP contribution is 2.37. The van der Waals surface area contributed by atoms with Crippen molar-refractivity contribution in [3.63, 3.8) is 0 Å². The molecule has 9 heteroatoms. The topological polar surface area (TPSA) is 120 Å². The van der Waals surface area contributed by atoms with E-state index in [4.69, 9.17) is 15.0 Å². The molecular formula is C17H22N4O4S. The molecule has 0 saturated heterocycles. The normalized spacial score (nSPS) is 16.6. The van der Waals surface area contributed by atoms with E-state index in [1.807, 2.05) is 0 Å². The van der Waals surface area contributed by atoms with Gasteiger partial charge in [-0.05, 0) is 43.0 Å². The monoisotopic (exact) mass is 378 g/mol. The predicted molar refractivity (Wildman–Crippen MR) is 96.8 cm³/mol. The quantitative estimate of drug-likeness (QED) is 0.754. The van der Waals surface area contributed by atoms with Gasteiger partial charge in [-0.15, -0.1) is 0 Å². The van der Waals surface area contributed by atoms with Gasteiger partial charge >= 0.3 is 0 Å². The fraction of sp³-hybridized carbons (Fsp3) is 0.412. The van der Waals surface area contributed by atoms with Crippen molar-refractivity contribution in [3.8, 4) is 5.75 Å². The number of aromatic nitrogens is 2. The average molecular weight is 378 g/mol. The molecule has 3 rings (SSSR count). The van der Waals surface area contributed by atoms with Gasteiger partial charge in [-0.2, -0.15) is 4.98 Å². The number of nitrogens with two attached hydrogens (primary N) is 1. The number of nitrogens with one attached hydrogen (secondary N) is 1. The van der Waals surface area contributed by atoms with Gasteiger partial charge in [-0.25, -0.2) is 13.1 Å². The third kappa shape index (κ3) is 3.64. The number of sulfonamides is 1. The van der Waals surface area contributed by atoms with Crippen LogP contribution in [0.2, 0.25) is 0 Å². The molecule has 1 heterocycles. The molecule has 0 spiro atoms. The van der Waals surface area contributed by atoms with Gasteiger partial charge in [0.25, 0.3) is 5.89 Å². The summed E-state index contributed by atoms with van der Waals surface area (Å²) in [4.78, 5) is 4.38. The Balaban J connectivity index is 1.85. The summed E-state index contributed by atoms with van der Waals surface area (Å²) in [6, 6.07) is 4.88. The third-order valence-corrected chi connectivity index (χ3v) is 5.93. The average Bonchev–Trinajstić information content (AvgIpc) is 3.07. The van der Waals surface area contributed by atoms with E-state index in [0.717, 1.165) is 19.3 Å². The lowest BCUT2D eigenvalue weighted by Crippen LogP contribution is -2.44. The molecule has 26 heavy (non-hydrogen) atoms. The summed E-state index contributed by atoms with van der Waals surface area (Å²) in [5.74, 6) is 1.11. The lowest BCUT2D eigenvalue weighted by molar-refractivity contribution is 0.229. The van der Waals surface area contributed by atoms with E-state index < -0.39 is 15.6 Å². The summed E-state index contributed by atoms with van der Waals surface area (Å²) in [7, 11) is -2.22. The van der Waals surface area contributed by atoms with E-state index in [-0.39, 0.29) is 17.2 Å². The maximum Gasteiger partial charge on any atom is 0.250 e. The van der Waals surface area contributed by atoms with Gasteiger partial charge in [-0.1, -0.05) is 18.1 Å². The molecule has 1 aliphatic rings. The number of benzene rings is 1. The van der Waals surface area contributed by atoms with Gasteiger partial charge in [0.1, 0.15) is 10.6 Å². The Morgan fingerprint density at radius 1 is 1.38 bits per heavy atom. The van der Waals surface area contributed by atoms with Crippen LogP contribution >= 0.6 is 0 Å². The minimum absolute atomic E-state index is 0.0746. The molecule has 1 saturated carbocycles. The first-order chi connectivity index (χ1) is 12.4. The van der Waals surface area contributed by atoms with Gasteiger partial charge in [0.15, 0.2) is 5.82 Å². The van der Waals surface area contributed by atoms with Crippen molar-refractivity contribution >= 4 is 22.2 Å². The van der Waals surface area contributed by atoms with Crippen LogP contribution in [0.1, 0.15) is 43.5 Å². The Kier molecular flexibility index (Phi) is 5.12. The lowest BCUT2D eigenvalue weighted by atomic mass is 9.77. The largest absolute Gasteiger partial charge is 0.495 e. The number of ether oxygens (including phenoxy) is 1. The van der Waals surface area contributed by atoms with Crippen LogP contribution in [-0.4, -0.2) is 32.2 Å². The zero-order valence-corrected chi connectivity index (χ0v) is 15.5. The van der Waals surface area contributed by atoms with Gasteiger partial charge in [-0.3, -0.25) is 0 Å². The standard InChI is InChI=1S/C17H22N4O4S/c1-3-19-26(22,23)14-11-12(5-7-13(14)24-2)6-8-15-20-16(21-25-15)17(18)9-4-10-17/h5-8,11,19H,3-4,9-10,18H2,1-2H3/b8-6+. The molecule has 0 amide bonds. The first-order valence-electron chi connectivity index (χ1n) is 8.37. The zero-order chi connectivity index (χ0) is 18.8. The van der Waals surface area contributed by atoms with Crippen molar-refractivity contribution < 1.29 is 17.7 Å². The SMILES string of the molecule is CCNS(=O)(=O)c1cc(/C=C/c2nc(C3(N)CCC3)no2)ccc1OC. The fourth-order valence-electron chi connectivity index (χ4n) is 2.73. The molecule has 0 bridgehead atoms. The second-order valence-electron chi connectivity index (χ2n) is 6.21. The number of nitrogens with zero attached hydrogens (tertiary/aromatic N) is 2. The van der Waals surface area contributed by atoms with E-state index in [9.17, 15) is 8.42 Å². The molecule has 1 fully saturated rings. The van der Waals surface area contributed by atoms with E-state index in [2.05, 4.69) is 14.9 Å². The van der Waals surface area contributed by atoms with Crippen LogP contribution in [0.3, 0.4) is 0 Å². The van der Waals surface area contributed by atoms with Crippen LogP contribution in [0.4, 0.5) is 0 Å². The first-order valence-corrected chi connectivity index (χ1v) is 9.85. The Morgan fingerprint density at radius 3 is 2.77 bits per heavy atom. The van der Waals surface area contributed by atoms with Crippen LogP contribution in [0.15, 0.2) is 27.6 Å². The van der Waals surface area contributed by atoms with Crippen molar-refractivity contribution in [1.82, 2.24) is 14.9 Å². The molecule has 1 aliphatic carbocycles. The molecule has 3 N–H and O–H groups in total. The number of methoxy groups -OCH3 is 1. The van der Waals surface area contributed by atoms with Crippen molar-refractivity contribution in [2.24, 2.45) is 5.73 Å². The van der Waals surface area contributed by atoms with Gasteiger partial charge in [0.2, 0.25) is 10.0 Å². The number of hydrogen-bond donors (Lipinski definition) is 2. The van der Waals surface area contributed by atoms with Crippen molar-refractivity contribution in [1.29, 1.82) is 0 Å². The van der Waals surface area contributed by atoms with Gasteiger partial charge in [0.05, 0.1) is 12.6 Å². The Morgan fingerprint density at radius 2 is 2.15 bits per heavy atom. The summed E-state index contributed by atoms with van der Waals surface area (Å²) >= 11 is 0. The zero-order valence-electron chi connectivity index (χ0n) is 14.7. The highest BCUT2D eigenvalue weighted by atomic mass is 32.2. The van der Waals surface area contributed by atoms with E-state index in [1.165, 1.54) is 13.2 Å². The summed E-state index contributed by atoms with van der Waals surface area (Å²) in [5.41, 5.74) is 6.35. The van der Waals surface area contributed by atoms with Crippen LogP contribution < -0.4 is 15.2 Å². The Labute approximate surface area is 152 Å². The van der Waals surface area contributed by atoms with E-state index in [1.54, 1.807) is 31.2 Å². The molecular weight excluding hydrogens is 356 g/mol. The Bertz CT molecular complexity index is 917. The van der Waals surface area contributed by atoms with Crippen molar-refractivity contribution in [3.05, 3.63) is 35.5 Å². The summed E-state index contributed by atoms with van der Waals surface area (Å²) in [6.07, 6.45) is 6.08. The molecule has 0 atom stereocenters. The minimum atomic E-state index is -3.65. The first kappa shape index (κ1) is 18.6. The maximum atomic E-state index is 12.3. The number of hydrogen-bond acceptors (Lipinski definition) is 7. The summed E-state index contributed by atoms with van der Waals surface area (Å²) in [5, 5.41) is 3.94. The molecule has 1 aromatic heterocycles. The highest BCUT2D eigenvalue weighted by Gasteiger charge is 2.38. The second-order valence-corrected chi connectivity index (χ2v) is 7.95.